The molecule has 0 fully saturated rings. The van der Waals surface area contributed by atoms with E-state index in [-0.39, 0.29) is 28.0 Å². The zero-order chi connectivity index (χ0) is 34.1. The minimum Gasteiger partial charge on any atom is -0.459 e. The number of carbonyl (C=O) groups is 4. The molecule has 1 N–H and O–H groups in total. The van der Waals surface area contributed by atoms with Crippen LogP contribution in [0.4, 0.5) is 0 Å². The van der Waals surface area contributed by atoms with Crippen molar-refractivity contribution in [2.24, 2.45) is 0 Å². The van der Waals surface area contributed by atoms with E-state index in [1.54, 1.807) is 109 Å². The molecule has 10 heteroatoms. The SMILES string of the molecule is CCCCSC[C@H](OC(=O)c1ccccc1)[C@@H](OC(=O)c1ccccc1)[C@H](OC(=O)c1ccccc1)[C@H](O)COC(=O)c1ccccc1. The van der Waals surface area contributed by atoms with Gasteiger partial charge >= 0.3 is 23.9 Å². The number of ether oxygens (including phenoxy) is 4. The van der Waals surface area contributed by atoms with Crippen molar-refractivity contribution in [3.63, 3.8) is 0 Å². The molecule has 0 amide bonds. The van der Waals surface area contributed by atoms with E-state index in [1.165, 1.54) is 23.9 Å². The summed E-state index contributed by atoms with van der Waals surface area (Å²) in [6.07, 6.45) is -4.23. The van der Waals surface area contributed by atoms with Crippen LogP contribution in [0.1, 0.15) is 61.2 Å². The number of aliphatic hydroxyl groups excluding tert-OH is 1. The third-order valence-electron chi connectivity index (χ3n) is 7.16. The van der Waals surface area contributed by atoms with Gasteiger partial charge < -0.3 is 24.1 Å². The summed E-state index contributed by atoms with van der Waals surface area (Å²) in [5.41, 5.74) is 0.854. The number of rotatable bonds is 17. The van der Waals surface area contributed by atoms with E-state index in [2.05, 4.69) is 0 Å². The van der Waals surface area contributed by atoms with Crippen LogP contribution in [0.25, 0.3) is 0 Å². The van der Waals surface area contributed by atoms with E-state index in [1.807, 2.05) is 6.92 Å². The lowest BCUT2D eigenvalue weighted by atomic mass is 10.0. The first-order chi connectivity index (χ1) is 23.4. The minimum absolute atomic E-state index is 0.140. The van der Waals surface area contributed by atoms with Crippen molar-refractivity contribution in [3.8, 4) is 0 Å². The standard InChI is InChI=1S/C38H38O9S/c1-2-3-24-48-26-32(45-36(41)28-18-10-5-11-19-28)34(47-38(43)30-22-14-7-15-23-30)33(46-37(42)29-20-12-6-13-21-29)31(39)25-44-35(40)27-16-8-4-9-17-27/h4-23,31-34,39H,2-3,24-26H2,1H3/t31-,32+,33-,34-/m1/s1. The van der Waals surface area contributed by atoms with Gasteiger partial charge in [0.05, 0.1) is 22.3 Å². The predicted molar refractivity (Wildman–Crippen MR) is 182 cm³/mol. The summed E-state index contributed by atoms with van der Waals surface area (Å²) in [6.45, 7) is 1.42. The first kappa shape index (κ1) is 35.9. The normalized spacial score (nSPS) is 13.3. The van der Waals surface area contributed by atoms with Gasteiger partial charge in [-0.15, -0.1) is 0 Å². The molecule has 0 heterocycles. The van der Waals surface area contributed by atoms with E-state index in [0.29, 0.717) is 5.75 Å². The highest BCUT2D eigenvalue weighted by Gasteiger charge is 2.43. The van der Waals surface area contributed by atoms with Crippen molar-refractivity contribution in [2.45, 2.75) is 44.2 Å². The fraction of sp³-hybridized carbons (Fsp3) is 0.263. The van der Waals surface area contributed by atoms with Gasteiger partial charge in [0.1, 0.15) is 12.7 Å². The molecule has 4 rings (SSSR count). The molecular formula is C38H38O9S. The van der Waals surface area contributed by atoms with Crippen LogP contribution >= 0.6 is 11.8 Å². The molecule has 4 aromatic rings. The summed E-state index contributed by atoms with van der Waals surface area (Å²) in [5, 5.41) is 11.6. The Balaban J connectivity index is 1.72. The number of benzene rings is 4. The fourth-order valence-electron chi connectivity index (χ4n) is 4.59. The van der Waals surface area contributed by atoms with E-state index in [0.717, 1.165) is 12.8 Å². The Labute approximate surface area is 284 Å². The highest BCUT2D eigenvalue weighted by Crippen LogP contribution is 2.24. The lowest BCUT2D eigenvalue weighted by Gasteiger charge is -2.34. The van der Waals surface area contributed by atoms with Gasteiger partial charge in [-0.1, -0.05) is 86.1 Å². The smallest absolute Gasteiger partial charge is 0.338 e. The lowest BCUT2D eigenvalue weighted by molar-refractivity contribution is -0.124. The molecule has 0 bridgehead atoms. The summed E-state index contributed by atoms with van der Waals surface area (Å²) in [6, 6.07) is 32.7. The van der Waals surface area contributed by atoms with E-state index < -0.39 is 54.9 Å². The average Bonchev–Trinajstić information content (AvgIpc) is 3.14. The molecule has 0 aromatic heterocycles. The number of aliphatic hydroxyl groups is 1. The fourth-order valence-corrected chi connectivity index (χ4v) is 5.74. The average molecular weight is 671 g/mol. The minimum atomic E-state index is -1.70. The molecule has 4 aromatic carbocycles. The Morgan fingerprint density at radius 1 is 0.583 bits per heavy atom. The second-order valence-electron chi connectivity index (χ2n) is 10.7. The first-order valence-electron chi connectivity index (χ1n) is 15.6. The van der Waals surface area contributed by atoms with Crippen LogP contribution in [-0.4, -0.2) is 71.5 Å². The molecule has 0 spiro atoms. The molecule has 0 aliphatic heterocycles. The molecular weight excluding hydrogens is 632 g/mol. The van der Waals surface area contributed by atoms with Crippen LogP contribution in [-0.2, 0) is 18.9 Å². The van der Waals surface area contributed by atoms with Gasteiger partial charge in [-0.25, -0.2) is 19.2 Å². The van der Waals surface area contributed by atoms with Crippen molar-refractivity contribution in [1.82, 2.24) is 0 Å². The number of thioether (sulfide) groups is 1. The van der Waals surface area contributed by atoms with Crippen molar-refractivity contribution in [2.75, 3.05) is 18.1 Å². The number of unbranched alkanes of at least 4 members (excludes halogenated alkanes) is 1. The summed E-state index contributed by atoms with van der Waals surface area (Å²) >= 11 is 1.46. The predicted octanol–water partition coefficient (Wildman–Crippen LogP) is 6.41. The molecule has 250 valence electrons. The van der Waals surface area contributed by atoms with Crippen LogP contribution in [0.2, 0.25) is 0 Å². The van der Waals surface area contributed by atoms with Gasteiger partial charge in [0.2, 0.25) is 0 Å². The molecule has 48 heavy (non-hydrogen) atoms. The Kier molecular flexibility index (Phi) is 14.2. The first-order valence-corrected chi connectivity index (χ1v) is 16.8. The Hall–Kier alpha value is -4.93. The summed E-state index contributed by atoms with van der Waals surface area (Å²) in [5.74, 6) is -2.20. The molecule has 0 unspecified atom stereocenters. The molecule has 4 atom stereocenters. The zero-order valence-electron chi connectivity index (χ0n) is 26.5. The summed E-state index contributed by atoms with van der Waals surface area (Å²) in [4.78, 5) is 53.2. The van der Waals surface area contributed by atoms with Crippen LogP contribution in [0.3, 0.4) is 0 Å². The largest absolute Gasteiger partial charge is 0.459 e. The monoisotopic (exact) mass is 670 g/mol. The second-order valence-corrected chi connectivity index (χ2v) is 11.9. The van der Waals surface area contributed by atoms with E-state index in [4.69, 9.17) is 18.9 Å². The topological polar surface area (TPSA) is 125 Å². The van der Waals surface area contributed by atoms with Gasteiger partial charge in [0.15, 0.2) is 18.3 Å². The zero-order valence-corrected chi connectivity index (χ0v) is 27.3. The maximum Gasteiger partial charge on any atom is 0.338 e. The highest BCUT2D eigenvalue weighted by atomic mass is 32.2. The van der Waals surface area contributed by atoms with Gasteiger partial charge in [-0.2, -0.15) is 11.8 Å². The molecule has 0 radical (unpaired) electrons. The van der Waals surface area contributed by atoms with Crippen LogP contribution in [0, 0.1) is 0 Å². The van der Waals surface area contributed by atoms with Gasteiger partial charge in [0.25, 0.3) is 0 Å². The molecule has 0 aliphatic rings. The van der Waals surface area contributed by atoms with Gasteiger partial charge in [-0.05, 0) is 60.7 Å². The number of esters is 4. The summed E-state index contributed by atoms with van der Waals surface area (Å²) < 4.78 is 23.3. The van der Waals surface area contributed by atoms with Crippen LogP contribution in [0.5, 0.6) is 0 Å². The van der Waals surface area contributed by atoms with Crippen LogP contribution in [0.15, 0.2) is 121 Å². The Bertz CT molecular complexity index is 1580. The highest BCUT2D eigenvalue weighted by molar-refractivity contribution is 7.99. The quantitative estimate of drug-likeness (QED) is 0.0765. The maximum atomic E-state index is 13.5. The van der Waals surface area contributed by atoms with Crippen molar-refractivity contribution in [3.05, 3.63) is 144 Å². The van der Waals surface area contributed by atoms with Crippen molar-refractivity contribution >= 4 is 35.6 Å². The molecule has 9 nitrogen and oxygen atoms in total. The van der Waals surface area contributed by atoms with E-state index >= 15 is 0 Å². The second kappa shape index (κ2) is 19.0. The molecule has 0 saturated carbocycles. The molecule has 0 saturated heterocycles. The van der Waals surface area contributed by atoms with Gasteiger partial charge in [0, 0.05) is 5.75 Å². The lowest BCUT2D eigenvalue weighted by Crippen LogP contribution is -2.53. The molecule has 0 aliphatic carbocycles. The van der Waals surface area contributed by atoms with Crippen molar-refractivity contribution < 1.29 is 43.2 Å². The maximum absolute atomic E-state index is 13.5. The number of hydrogen-bond acceptors (Lipinski definition) is 10. The van der Waals surface area contributed by atoms with E-state index in [9.17, 15) is 24.3 Å². The number of hydrogen-bond donors (Lipinski definition) is 1. The van der Waals surface area contributed by atoms with Crippen molar-refractivity contribution in [1.29, 1.82) is 0 Å². The Morgan fingerprint density at radius 2 is 0.979 bits per heavy atom. The third kappa shape index (κ3) is 10.8. The summed E-state index contributed by atoms with van der Waals surface area (Å²) in [7, 11) is 0. The third-order valence-corrected chi connectivity index (χ3v) is 8.30. The Morgan fingerprint density at radius 3 is 1.42 bits per heavy atom. The van der Waals surface area contributed by atoms with Crippen LogP contribution < -0.4 is 0 Å². The number of carbonyl (C=O) groups excluding carboxylic acids is 4. The van der Waals surface area contributed by atoms with Gasteiger partial charge in [-0.3, -0.25) is 0 Å².